The molecule has 0 bridgehead atoms. The second kappa shape index (κ2) is 8.74. The Kier molecular flexibility index (Phi) is 6.24. The van der Waals surface area contributed by atoms with E-state index in [-0.39, 0.29) is 16.8 Å². The van der Waals surface area contributed by atoms with E-state index in [1.807, 2.05) is 5.38 Å². The fraction of sp³-hybridized carbons (Fsp3) is 0.524. The van der Waals surface area contributed by atoms with E-state index >= 15 is 0 Å². The number of hydrogen-bond donors (Lipinski definition) is 2. The number of sulfonamides is 1. The van der Waals surface area contributed by atoms with Crippen LogP contribution in [0, 0.1) is 12.8 Å². The Labute approximate surface area is 181 Å². The summed E-state index contributed by atoms with van der Waals surface area (Å²) in [5.41, 5.74) is 2.01. The summed E-state index contributed by atoms with van der Waals surface area (Å²) in [5, 5.41) is 5.34. The van der Waals surface area contributed by atoms with Gasteiger partial charge in [0.2, 0.25) is 10.0 Å². The molecule has 7 nitrogen and oxygen atoms in total. The van der Waals surface area contributed by atoms with Crippen LogP contribution in [0.4, 0.5) is 5.13 Å². The molecule has 1 aliphatic heterocycles. The standard InChI is InChI=1S/C21H28N4O3S2/c1-14-7-9-25(10-8-14)12-17-13-29-21(22-17)23-20(26)19-11-18(6-3-15(19)2)30(27,28)24-16-4-5-16/h3,6,11,13-14,16,24H,4-5,7-10,12H2,1-2H3,(H,22,23,26). The lowest BCUT2D eigenvalue weighted by Gasteiger charge is -2.29. The van der Waals surface area contributed by atoms with Crippen LogP contribution in [-0.4, -0.2) is 43.3 Å². The molecule has 1 amide bonds. The summed E-state index contributed by atoms with van der Waals surface area (Å²) in [6.45, 7) is 7.03. The predicted molar refractivity (Wildman–Crippen MR) is 118 cm³/mol. The van der Waals surface area contributed by atoms with Crippen molar-refractivity contribution in [2.75, 3.05) is 18.4 Å². The molecule has 2 aliphatic rings. The van der Waals surface area contributed by atoms with Crippen LogP contribution in [0.2, 0.25) is 0 Å². The van der Waals surface area contributed by atoms with Gasteiger partial charge in [-0.2, -0.15) is 0 Å². The number of piperidine rings is 1. The monoisotopic (exact) mass is 448 g/mol. The topological polar surface area (TPSA) is 91.4 Å². The number of hydrogen-bond acceptors (Lipinski definition) is 6. The highest BCUT2D eigenvalue weighted by Crippen LogP contribution is 2.25. The second-order valence-electron chi connectivity index (χ2n) is 8.43. The minimum atomic E-state index is -3.61. The molecule has 0 atom stereocenters. The van der Waals surface area contributed by atoms with Crippen molar-refractivity contribution in [2.24, 2.45) is 5.92 Å². The number of anilines is 1. The molecule has 9 heteroatoms. The van der Waals surface area contributed by atoms with E-state index in [9.17, 15) is 13.2 Å². The Morgan fingerprint density at radius 2 is 1.97 bits per heavy atom. The Hall–Kier alpha value is -1.81. The van der Waals surface area contributed by atoms with Crippen LogP contribution in [0.3, 0.4) is 0 Å². The zero-order valence-electron chi connectivity index (χ0n) is 17.3. The molecule has 0 unspecified atom stereocenters. The smallest absolute Gasteiger partial charge is 0.257 e. The Balaban J connectivity index is 1.42. The number of aryl methyl sites for hydroxylation is 1. The minimum absolute atomic E-state index is 0.0189. The first kappa shape index (κ1) is 21.4. The fourth-order valence-corrected chi connectivity index (χ4v) is 5.58. The van der Waals surface area contributed by atoms with Gasteiger partial charge in [0.25, 0.3) is 5.91 Å². The predicted octanol–water partition coefficient (Wildman–Crippen LogP) is 3.38. The lowest BCUT2D eigenvalue weighted by atomic mass is 9.99. The molecule has 0 radical (unpaired) electrons. The molecule has 1 saturated heterocycles. The molecule has 162 valence electrons. The molecule has 0 spiro atoms. The number of benzene rings is 1. The van der Waals surface area contributed by atoms with Crippen molar-refractivity contribution in [2.45, 2.75) is 57.0 Å². The van der Waals surface area contributed by atoms with E-state index in [0.29, 0.717) is 10.7 Å². The average Bonchev–Trinajstić information content (AvgIpc) is 3.40. The van der Waals surface area contributed by atoms with E-state index in [0.717, 1.165) is 49.7 Å². The summed E-state index contributed by atoms with van der Waals surface area (Å²) in [7, 11) is -3.61. The highest BCUT2D eigenvalue weighted by Gasteiger charge is 2.28. The number of amides is 1. The van der Waals surface area contributed by atoms with Gasteiger partial charge in [-0.25, -0.2) is 18.1 Å². The van der Waals surface area contributed by atoms with Crippen molar-refractivity contribution in [1.29, 1.82) is 0 Å². The van der Waals surface area contributed by atoms with Crippen molar-refractivity contribution < 1.29 is 13.2 Å². The van der Waals surface area contributed by atoms with Gasteiger partial charge >= 0.3 is 0 Å². The highest BCUT2D eigenvalue weighted by atomic mass is 32.2. The van der Waals surface area contributed by atoms with E-state index in [1.165, 1.54) is 36.3 Å². The molecule has 2 N–H and O–H groups in total. The van der Waals surface area contributed by atoms with Crippen LogP contribution >= 0.6 is 11.3 Å². The molecule has 1 aliphatic carbocycles. The van der Waals surface area contributed by atoms with Gasteiger partial charge in [-0.15, -0.1) is 11.3 Å². The van der Waals surface area contributed by atoms with Crippen LogP contribution in [0.25, 0.3) is 0 Å². The third-order valence-corrected chi connectivity index (χ3v) is 8.02. The molecule has 2 aromatic rings. The van der Waals surface area contributed by atoms with Gasteiger partial charge in [0.1, 0.15) is 0 Å². The van der Waals surface area contributed by atoms with Crippen LogP contribution < -0.4 is 10.0 Å². The Morgan fingerprint density at radius 3 is 2.67 bits per heavy atom. The fourth-order valence-electron chi connectivity index (χ4n) is 3.55. The van der Waals surface area contributed by atoms with Gasteiger partial charge in [0, 0.05) is 23.5 Å². The molecule has 1 aromatic heterocycles. The Bertz CT molecular complexity index is 1020. The average molecular weight is 449 g/mol. The molecule has 1 aromatic carbocycles. The first-order valence-corrected chi connectivity index (χ1v) is 12.8. The second-order valence-corrected chi connectivity index (χ2v) is 11.0. The van der Waals surface area contributed by atoms with Crippen molar-refractivity contribution >= 4 is 32.4 Å². The molecule has 1 saturated carbocycles. The van der Waals surface area contributed by atoms with Crippen molar-refractivity contribution in [3.05, 3.63) is 40.4 Å². The van der Waals surface area contributed by atoms with Crippen molar-refractivity contribution in [3.8, 4) is 0 Å². The lowest BCUT2D eigenvalue weighted by Crippen LogP contribution is -2.32. The lowest BCUT2D eigenvalue weighted by molar-refractivity contribution is 0.102. The van der Waals surface area contributed by atoms with Crippen LogP contribution in [0.1, 0.15) is 54.2 Å². The third-order valence-electron chi connectivity index (χ3n) is 5.70. The highest BCUT2D eigenvalue weighted by molar-refractivity contribution is 7.89. The molecule has 2 heterocycles. The van der Waals surface area contributed by atoms with Gasteiger partial charge < -0.3 is 0 Å². The number of thiazole rings is 1. The largest absolute Gasteiger partial charge is 0.298 e. The summed E-state index contributed by atoms with van der Waals surface area (Å²) in [4.78, 5) is 19.9. The van der Waals surface area contributed by atoms with Crippen LogP contribution in [0.5, 0.6) is 0 Å². The SMILES string of the molecule is Cc1ccc(S(=O)(=O)NC2CC2)cc1C(=O)Nc1nc(CN2CCC(C)CC2)cs1. The maximum Gasteiger partial charge on any atom is 0.257 e. The van der Waals surface area contributed by atoms with E-state index < -0.39 is 10.0 Å². The first-order valence-electron chi connectivity index (χ1n) is 10.4. The zero-order chi connectivity index (χ0) is 21.3. The molecular weight excluding hydrogens is 420 g/mol. The third kappa shape index (κ3) is 5.26. The molecule has 4 rings (SSSR count). The first-order chi connectivity index (χ1) is 14.3. The molecule has 2 fully saturated rings. The quantitative estimate of drug-likeness (QED) is 0.678. The minimum Gasteiger partial charge on any atom is -0.298 e. The molecular formula is C21H28N4O3S2. The maximum atomic E-state index is 12.8. The van der Waals surface area contributed by atoms with E-state index in [2.05, 4.69) is 26.8 Å². The van der Waals surface area contributed by atoms with E-state index in [1.54, 1.807) is 13.0 Å². The number of nitrogens with one attached hydrogen (secondary N) is 2. The summed E-state index contributed by atoms with van der Waals surface area (Å²) in [5.74, 6) is 0.442. The summed E-state index contributed by atoms with van der Waals surface area (Å²) in [6, 6.07) is 4.67. The van der Waals surface area contributed by atoms with Gasteiger partial charge in [0.15, 0.2) is 5.13 Å². The summed E-state index contributed by atoms with van der Waals surface area (Å²) >= 11 is 1.39. The van der Waals surface area contributed by atoms with Gasteiger partial charge in [0.05, 0.1) is 10.6 Å². The Morgan fingerprint density at radius 1 is 1.23 bits per heavy atom. The molecule has 30 heavy (non-hydrogen) atoms. The van der Waals surface area contributed by atoms with Gasteiger partial charge in [-0.1, -0.05) is 13.0 Å². The van der Waals surface area contributed by atoms with Gasteiger partial charge in [-0.3, -0.25) is 15.0 Å². The van der Waals surface area contributed by atoms with E-state index in [4.69, 9.17) is 0 Å². The normalized spacial score (nSPS) is 18.5. The summed E-state index contributed by atoms with van der Waals surface area (Å²) < 4.78 is 27.6. The number of rotatable bonds is 7. The van der Waals surface area contributed by atoms with Crippen LogP contribution in [-0.2, 0) is 16.6 Å². The maximum absolute atomic E-state index is 12.8. The van der Waals surface area contributed by atoms with Crippen molar-refractivity contribution in [1.82, 2.24) is 14.6 Å². The number of aromatic nitrogens is 1. The number of likely N-dealkylation sites (tertiary alicyclic amines) is 1. The number of nitrogens with zero attached hydrogens (tertiary/aromatic N) is 2. The van der Waals surface area contributed by atoms with Crippen LogP contribution in [0.15, 0.2) is 28.5 Å². The zero-order valence-corrected chi connectivity index (χ0v) is 19.0. The van der Waals surface area contributed by atoms with Crippen molar-refractivity contribution in [3.63, 3.8) is 0 Å². The number of carbonyl (C=O) groups is 1. The van der Waals surface area contributed by atoms with Gasteiger partial charge in [-0.05, 0) is 69.3 Å². The number of carbonyl (C=O) groups excluding carboxylic acids is 1. The summed E-state index contributed by atoms with van der Waals surface area (Å²) in [6.07, 6.45) is 4.15.